The molecule has 0 radical (unpaired) electrons. The molecule has 3 aromatic carbocycles. The number of nitrogen functional groups attached to an aromatic ring is 1. The second kappa shape index (κ2) is 7.75. The zero-order chi connectivity index (χ0) is 21.3. The van der Waals surface area contributed by atoms with Crippen molar-refractivity contribution >= 4 is 22.7 Å². The van der Waals surface area contributed by atoms with Crippen molar-refractivity contribution in [3.63, 3.8) is 0 Å². The number of hydrogen-bond acceptors (Lipinski definition) is 3. The van der Waals surface area contributed by atoms with E-state index in [2.05, 4.69) is 4.98 Å². The molecule has 30 heavy (non-hydrogen) atoms. The SMILES string of the molecule is COc1ccc(-c2ccccc2Cc2c[nH]c3cc(C(=N)N)ccc23)c(C(=O)O)c1. The Morgan fingerprint density at radius 1 is 1.07 bits per heavy atom. The molecule has 0 spiro atoms. The van der Waals surface area contributed by atoms with Gasteiger partial charge in [0.2, 0.25) is 0 Å². The standard InChI is InChI=1S/C24H21N3O3/c1-30-17-7-9-20(21(12-17)24(28)29)18-5-3-2-4-14(18)10-16-13-27-22-11-15(23(25)26)6-8-19(16)22/h2-9,11-13,27H,10H2,1H3,(H3,25,26)(H,28,29). The molecule has 1 heterocycles. The van der Waals surface area contributed by atoms with Crippen LogP contribution in [0.1, 0.15) is 27.0 Å². The molecule has 0 aliphatic heterocycles. The van der Waals surface area contributed by atoms with E-state index in [0.29, 0.717) is 23.3 Å². The maximum atomic E-state index is 11.9. The van der Waals surface area contributed by atoms with Gasteiger partial charge in [0.25, 0.3) is 0 Å². The van der Waals surface area contributed by atoms with Crippen LogP contribution in [0.2, 0.25) is 0 Å². The molecule has 4 rings (SSSR count). The lowest BCUT2D eigenvalue weighted by Crippen LogP contribution is -2.10. The molecule has 1 aromatic heterocycles. The van der Waals surface area contributed by atoms with Crippen LogP contribution in [0, 0.1) is 5.41 Å². The zero-order valence-electron chi connectivity index (χ0n) is 16.4. The van der Waals surface area contributed by atoms with Crippen molar-refractivity contribution in [1.82, 2.24) is 4.98 Å². The van der Waals surface area contributed by atoms with Gasteiger partial charge in [-0.1, -0.05) is 36.4 Å². The van der Waals surface area contributed by atoms with E-state index in [1.807, 2.05) is 48.7 Å². The highest BCUT2D eigenvalue weighted by atomic mass is 16.5. The van der Waals surface area contributed by atoms with Crippen LogP contribution in [-0.2, 0) is 6.42 Å². The summed E-state index contributed by atoms with van der Waals surface area (Å²) >= 11 is 0. The fourth-order valence-corrected chi connectivity index (χ4v) is 3.70. The predicted octanol–water partition coefficient (Wildman–Crippen LogP) is 4.42. The van der Waals surface area contributed by atoms with Crippen molar-refractivity contribution in [2.45, 2.75) is 6.42 Å². The van der Waals surface area contributed by atoms with E-state index >= 15 is 0 Å². The van der Waals surface area contributed by atoms with Gasteiger partial charge >= 0.3 is 5.97 Å². The van der Waals surface area contributed by atoms with E-state index < -0.39 is 5.97 Å². The number of aromatic amines is 1. The molecule has 6 nitrogen and oxygen atoms in total. The minimum Gasteiger partial charge on any atom is -0.497 e. The number of H-pyrrole nitrogens is 1. The number of carbonyl (C=O) groups is 1. The Bertz CT molecular complexity index is 1270. The first kappa shape index (κ1) is 19.3. The van der Waals surface area contributed by atoms with Crippen LogP contribution < -0.4 is 10.5 Å². The topological polar surface area (TPSA) is 112 Å². The third-order valence-corrected chi connectivity index (χ3v) is 5.22. The number of aromatic carboxylic acids is 1. The first-order valence-electron chi connectivity index (χ1n) is 9.42. The number of carboxylic acid groups (broad SMARTS) is 1. The van der Waals surface area contributed by atoms with Crippen molar-refractivity contribution in [2.24, 2.45) is 5.73 Å². The van der Waals surface area contributed by atoms with E-state index in [-0.39, 0.29) is 11.4 Å². The lowest BCUT2D eigenvalue weighted by molar-refractivity contribution is 0.0697. The van der Waals surface area contributed by atoms with Crippen LogP contribution in [0.3, 0.4) is 0 Å². The number of aromatic nitrogens is 1. The second-order valence-electron chi connectivity index (χ2n) is 7.04. The molecule has 0 unspecified atom stereocenters. The largest absolute Gasteiger partial charge is 0.497 e. The maximum Gasteiger partial charge on any atom is 0.336 e. The summed E-state index contributed by atoms with van der Waals surface area (Å²) in [5.41, 5.74) is 11.0. The Labute approximate surface area is 173 Å². The van der Waals surface area contributed by atoms with Crippen molar-refractivity contribution < 1.29 is 14.6 Å². The highest BCUT2D eigenvalue weighted by Gasteiger charge is 2.16. The highest BCUT2D eigenvalue weighted by molar-refractivity contribution is 5.99. The van der Waals surface area contributed by atoms with Gasteiger partial charge in [0.15, 0.2) is 0 Å². The van der Waals surface area contributed by atoms with E-state index in [4.69, 9.17) is 15.9 Å². The zero-order valence-corrected chi connectivity index (χ0v) is 16.4. The van der Waals surface area contributed by atoms with Crippen molar-refractivity contribution in [3.8, 4) is 16.9 Å². The Morgan fingerprint density at radius 3 is 2.60 bits per heavy atom. The molecule has 0 bridgehead atoms. The van der Waals surface area contributed by atoms with Crippen molar-refractivity contribution in [1.29, 1.82) is 5.41 Å². The van der Waals surface area contributed by atoms with Gasteiger partial charge in [-0.05, 0) is 46.5 Å². The molecule has 0 aliphatic carbocycles. The molecule has 0 aliphatic rings. The molecule has 0 amide bonds. The Kier molecular flexibility index (Phi) is 4.98. The van der Waals surface area contributed by atoms with E-state index in [0.717, 1.165) is 27.6 Å². The maximum absolute atomic E-state index is 11.9. The summed E-state index contributed by atoms with van der Waals surface area (Å²) in [5.74, 6) is -0.465. The van der Waals surface area contributed by atoms with Crippen LogP contribution in [0.15, 0.2) is 66.9 Å². The summed E-state index contributed by atoms with van der Waals surface area (Å²) in [7, 11) is 1.52. The van der Waals surface area contributed by atoms with Crippen LogP contribution in [-0.4, -0.2) is 29.0 Å². The van der Waals surface area contributed by atoms with Gasteiger partial charge in [-0.3, -0.25) is 5.41 Å². The lowest BCUT2D eigenvalue weighted by atomic mass is 9.92. The summed E-state index contributed by atoms with van der Waals surface area (Å²) in [5, 5.41) is 18.4. The monoisotopic (exact) mass is 399 g/mol. The number of methoxy groups -OCH3 is 1. The average molecular weight is 399 g/mol. The van der Waals surface area contributed by atoms with Gasteiger partial charge < -0.3 is 20.6 Å². The Hall–Kier alpha value is -4.06. The molecule has 4 aromatic rings. The van der Waals surface area contributed by atoms with E-state index in [1.54, 1.807) is 18.2 Å². The number of amidine groups is 1. The number of rotatable bonds is 6. The highest BCUT2D eigenvalue weighted by Crippen LogP contribution is 2.32. The average Bonchev–Trinajstić information content (AvgIpc) is 3.15. The number of fused-ring (bicyclic) bond motifs is 1. The summed E-state index contributed by atoms with van der Waals surface area (Å²) < 4.78 is 5.19. The van der Waals surface area contributed by atoms with Gasteiger partial charge in [0, 0.05) is 29.1 Å². The predicted molar refractivity (Wildman–Crippen MR) is 118 cm³/mol. The van der Waals surface area contributed by atoms with Crippen molar-refractivity contribution in [2.75, 3.05) is 7.11 Å². The lowest BCUT2D eigenvalue weighted by Gasteiger charge is -2.13. The van der Waals surface area contributed by atoms with Crippen LogP contribution >= 0.6 is 0 Å². The van der Waals surface area contributed by atoms with Crippen LogP contribution in [0.5, 0.6) is 5.75 Å². The molecular weight excluding hydrogens is 378 g/mol. The molecule has 6 heteroatoms. The second-order valence-corrected chi connectivity index (χ2v) is 7.04. The molecule has 150 valence electrons. The van der Waals surface area contributed by atoms with Gasteiger partial charge in [-0.25, -0.2) is 4.79 Å². The fraction of sp³-hybridized carbons (Fsp3) is 0.0833. The first-order valence-corrected chi connectivity index (χ1v) is 9.42. The van der Waals surface area contributed by atoms with Crippen LogP contribution in [0.25, 0.3) is 22.0 Å². The van der Waals surface area contributed by atoms with Gasteiger partial charge in [-0.2, -0.15) is 0 Å². The number of carboxylic acids is 1. The molecular formula is C24H21N3O3. The van der Waals surface area contributed by atoms with E-state index in [9.17, 15) is 9.90 Å². The number of ether oxygens (including phenoxy) is 1. The third-order valence-electron chi connectivity index (χ3n) is 5.22. The number of nitrogens with two attached hydrogens (primary N) is 1. The Morgan fingerprint density at radius 2 is 1.87 bits per heavy atom. The summed E-state index contributed by atoms with van der Waals surface area (Å²) in [6.45, 7) is 0. The van der Waals surface area contributed by atoms with Gasteiger partial charge in [0.1, 0.15) is 11.6 Å². The van der Waals surface area contributed by atoms with E-state index in [1.165, 1.54) is 7.11 Å². The molecule has 5 N–H and O–H groups in total. The molecule has 0 saturated heterocycles. The summed E-state index contributed by atoms with van der Waals surface area (Å²) in [6.07, 6.45) is 2.57. The number of nitrogens with one attached hydrogen (secondary N) is 2. The van der Waals surface area contributed by atoms with Gasteiger partial charge in [-0.15, -0.1) is 0 Å². The minimum atomic E-state index is -0.998. The fourth-order valence-electron chi connectivity index (χ4n) is 3.70. The van der Waals surface area contributed by atoms with Gasteiger partial charge in [0.05, 0.1) is 12.7 Å². The van der Waals surface area contributed by atoms with Crippen LogP contribution in [0.4, 0.5) is 0 Å². The minimum absolute atomic E-state index is 0.0269. The third kappa shape index (κ3) is 3.51. The molecule has 0 saturated carbocycles. The number of hydrogen-bond donors (Lipinski definition) is 4. The Balaban J connectivity index is 1.78. The normalized spacial score (nSPS) is 10.8. The summed E-state index contributed by atoms with van der Waals surface area (Å²) in [4.78, 5) is 15.1. The van der Waals surface area contributed by atoms with Crippen molar-refractivity contribution in [3.05, 3.63) is 89.1 Å². The first-order chi connectivity index (χ1) is 14.5. The smallest absolute Gasteiger partial charge is 0.336 e. The quantitative estimate of drug-likeness (QED) is 0.284. The molecule has 0 atom stereocenters. The molecule has 0 fully saturated rings. The summed E-state index contributed by atoms with van der Waals surface area (Å²) in [6, 6.07) is 18.6. The number of benzene rings is 3.